The molecule has 1 amide bonds. The Hall–Kier alpha value is -2.37. The Labute approximate surface area is 116 Å². The fourth-order valence-corrected chi connectivity index (χ4v) is 1.97. The smallest absolute Gasteiger partial charge is 0.251 e. The molecule has 2 rings (SSSR count). The van der Waals surface area contributed by atoms with E-state index in [0.29, 0.717) is 6.54 Å². The molecule has 3 N–H and O–H groups in total. The van der Waals surface area contributed by atoms with Crippen LogP contribution in [0.15, 0.2) is 24.4 Å². The number of nitrogens with two attached hydrogens (primary N) is 1. The monoisotopic (exact) mass is 276 g/mol. The molecular weight excluding hydrogens is 259 g/mol. The zero-order valence-corrected chi connectivity index (χ0v) is 11.5. The molecule has 0 bridgehead atoms. The first-order chi connectivity index (χ1) is 9.51. The van der Waals surface area contributed by atoms with Gasteiger partial charge < -0.3 is 11.1 Å². The zero-order valence-electron chi connectivity index (χ0n) is 11.5. The summed E-state index contributed by atoms with van der Waals surface area (Å²) in [5.41, 5.74) is 7.55. The predicted octanol–water partition coefficient (Wildman–Crippen LogP) is 1.63. The number of nitrogens with zero attached hydrogens (tertiary/aromatic N) is 2. The van der Waals surface area contributed by atoms with Crippen LogP contribution in [-0.2, 0) is 20.0 Å². The summed E-state index contributed by atoms with van der Waals surface area (Å²) in [6.45, 7) is 2.37. The Bertz CT molecular complexity index is 636. The molecule has 0 aliphatic rings. The average molecular weight is 276 g/mol. The van der Waals surface area contributed by atoms with Crippen molar-refractivity contribution in [3.05, 3.63) is 47.0 Å². The highest BCUT2D eigenvalue weighted by molar-refractivity contribution is 5.94. The highest BCUT2D eigenvalue weighted by atomic mass is 19.1. The Morgan fingerprint density at radius 3 is 2.90 bits per heavy atom. The van der Waals surface area contributed by atoms with Crippen molar-refractivity contribution in [1.29, 1.82) is 0 Å². The second-order valence-electron chi connectivity index (χ2n) is 4.55. The second kappa shape index (κ2) is 5.73. The molecule has 0 saturated heterocycles. The number of rotatable bonds is 4. The topological polar surface area (TPSA) is 72.9 Å². The lowest BCUT2D eigenvalue weighted by atomic mass is 10.1. The van der Waals surface area contributed by atoms with Gasteiger partial charge in [0.25, 0.3) is 5.91 Å². The first kappa shape index (κ1) is 14.0. The highest BCUT2D eigenvalue weighted by Gasteiger charge is 2.10. The van der Waals surface area contributed by atoms with E-state index in [2.05, 4.69) is 10.4 Å². The van der Waals surface area contributed by atoms with E-state index in [9.17, 15) is 9.18 Å². The van der Waals surface area contributed by atoms with Crippen LogP contribution in [0.2, 0.25) is 0 Å². The molecule has 0 atom stereocenters. The van der Waals surface area contributed by atoms with Crippen LogP contribution in [0.4, 0.5) is 10.1 Å². The molecule has 1 heterocycles. The molecule has 0 fully saturated rings. The maximum Gasteiger partial charge on any atom is 0.251 e. The maximum atomic E-state index is 13.3. The molecule has 0 radical (unpaired) electrons. The Morgan fingerprint density at radius 1 is 1.50 bits per heavy atom. The lowest BCUT2D eigenvalue weighted by Crippen LogP contribution is -2.23. The summed E-state index contributed by atoms with van der Waals surface area (Å²) in [5, 5.41) is 7.04. The van der Waals surface area contributed by atoms with Gasteiger partial charge in [-0.15, -0.1) is 0 Å². The van der Waals surface area contributed by atoms with Crippen LogP contribution in [0.1, 0.15) is 28.5 Å². The fourth-order valence-electron chi connectivity index (χ4n) is 1.97. The Kier molecular flexibility index (Phi) is 4.02. The largest absolute Gasteiger partial charge is 0.396 e. The Morgan fingerprint density at radius 2 is 2.25 bits per heavy atom. The third-order valence-corrected chi connectivity index (χ3v) is 3.03. The van der Waals surface area contributed by atoms with Crippen molar-refractivity contribution in [2.75, 3.05) is 5.73 Å². The first-order valence-corrected chi connectivity index (χ1v) is 6.36. The van der Waals surface area contributed by atoms with Gasteiger partial charge in [-0.1, -0.05) is 6.92 Å². The van der Waals surface area contributed by atoms with Gasteiger partial charge in [0.2, 0.25) is 0 Å². The van der Waals surface area contributed by atoms with Crippen molar-refractivity contribution >= 4 is 11.6 Å². The van der Waals surface area contributed by atoms with E-state index in [1.165, 1.54) is 12.1 Å². The average Bonchev–Trinajstić information content (AvgIpc) is 2.79. The molecule has 1 aromatic heterocycles. The van der Waals surface area contributed by atoms with E-state index in [1.807, 2.05) is 20.2 Å². The fraction of sp³-hybridized carbons (Fsp3) is 0.286. The number of nitrogen functional groups attached to an aromatic ring is 1. The maximum absolute atomic E-state index is 13.3. The summed E-state index contributed by atoms with van der Waals surface area (Å²) >= 11 is 0. The van der Waals surface area contributed by atoms with Gasteiger partial charge in [-0.25, -0.2) is 4.39 Å². The van der Waals surface area contributed by atoms with Gasteiger partial charge in [0, 0.05) is 30.9 Å². The van der Waals surface area contributed by atoms with Gasteiger partial charge in [-0.2, -0.15) is 5.10 Å². The lowest BCUT2D eigenvalue weighted by Gasteiger charge is -2.06. The normalized spacial score (nSPS) is 10.6. The summed E-state index contributed by atoms with van der Waals surface area (Å²) in [6, 6.07) is 4.01. The molecule has 1 aromatic carbocycles. The van der Waals surface area contributed by atoms with E-state index in [0.717, 1.165) is 23.7 Å². The predicted molar refractivity (Wildman–Crippen MR) is 74.6 cm³/mol. The van der Waals surface area contributed by atoms with Crippen molar-refractivity contribution in [3.63, 3.8) is 0 Å². The quantitative estimate of drug-likeness (QED) is 0.834. The molecule has 2 aromatic rings. The second-order valence-corrected chi connectivity index (χ2v) is 4.55. The number of carbonyl (C=O) groups excluding carboxylic acids is 1. The summed E-state index contributed by atoms with van der Waals surface area (Å²) in [4.78, 5) is 11.9. The van der Waals surface area contributed by atoms with E-state index < -0.39 is 5.82 Å². The van der Waals surface area contributed by atoms with Crippen molar-refractivity contribution in [2.24, 2.45) is 7.05 Å². The number of carbonyl (C=O) groups is 1. The standard InChI is InChI=1S/C14H17FN4O/c1-3-13-10(8-19(2)18-13)7-17-14(20)9-4-5-12(16)11(15)6-9/h4-6,8H,3,7,16H2,1-2H3,(H,17,20). The Balaban J connectivity index is 2.06. The van der Waals surface area contributed by atoms with Crippen LogP contribution < -0.4 is 11.1 Å². The summed E-state index contributed by atoms with van der Waals surface area (Å²) in [6.07, 6.45) is 2.66. The number of amides is 1. The van der Waals surface area contributed by atoms with Crippen LogP contribution >= 0.6 is 0 Å². The van der Waals surface area contributed by atoms with E-state index >= 15 is 0 Å². The number of hydrogen-bond acceptors (Lipinski definition) is 3. The van der Waals surface area contributed by atoms with Gasteiger partial charge in [0.15, 0.2) is 0 Å². The third kappa shape index (κ3) is 2.96. The molecular formula is C14H17FN4O. The van der Waals surface area contributed by atoms with E-state index in [-0.39, 0.29) is 17.2 Å². The third-order valence-electron chi connectivity index (χ3n) is 3.03. The molecule has 0 spiro atoms. The van der Waals surface area contributed by atoms with Crippen LogP contribution in [0.5, 0.6) is 0 Å². The highest BCUT2D eigenvalue weighted by Crippen LogP contribution is 2.12. The van der Waals surface area contributed by atoms with Gasteiger partial charge in [-0.3, -0.25) is 9.48 Å². The SMILES string of the molecule is CCc1nn(C)cc1CNC(=O)c1ccc(N)c(F)c1. The lowest BCUT2D eigenvalue weighted by molar-refractivity contribution is 0.0950. The van der Waals surface area contributed by atoms with Crippen molar-refractivity contribution in [3.8, 4) is 0 Å². The number of aromatic nitrogens is 2. The molecule has 5 nitrogen and oxygen atoms in total. The molecule has 6 heteroatoms. The summed E-state index contributed by atoms with van der Waals surface area (Å²) < 4.78 is 15.0. The summed E-state index contributed by atoms with van der Waals surface area (Å²) in [7, 11) is 1.83. The number of halogens is 1. The minimum Gasteiger partial charge on any atom is -0.396 e. The van der Waals surface area contributed by atoms with E-state index in [1.54, 1.807) is 4.68 Å². The van der Waals surface area contributed by atoms with Crippen LogP contribution in [0, 0.1) is 5.82 Å². The van der Waals surface area contributed by atoms with Gasteiger partial charge in [0.05, 0.1) is 11.4 Å². The molecule has 106 valence electrons. The molecule has 0 unspecified atom stereocenters. The van der Waals surface area contributed by atoms with Crippen LogP contribution in [0.3, 0.4) is 0 Å². The molecule has 0 aliphatic carbocycles. The number of nitrogens with one attached hydrogen (secondary N) is 1. The van der Waals surface area contributed by atoms with Gasteiger partial charge in [-0.05, 0) is 24.6 Å². The number of aryl methyl sites for hydroxylation is 2. The minimum absolute atomic E-state index is 0.0297. The van der Waals surface area contributed by atoms with Gasteiger partial charge >= 0.3 is 0 Å². The minimum atomic E-state index is -0.590. The number of anilines is 1. The number of hydrogen-bond donors (Lipinski definition) is 2. The van der Waals surface area contributed by atoms with Crippen molar-refractivity contribution in [2.45, 2.75) is 19.9 Å². The first-order valence-electron chi connectivity index (χ1n) is 6.36. The summed E-state index contributed by atoms with van der Waals surface area (Å²) in [5.74, 6) is -0.928. The van der Waals surface area contributed by atoms with Crippen LogP contribution in [0.25, 0.3) is 0 Å². The van der Waals surface area contributed by atoms with Gasteiger partial charge in [0.1, 0.15) is 5.82 Å². The molecule has 20 heavy (non-hydrogen) atoms. The number of benzene rings is 1. The van der Waals surface area contributed by atoms with Crippen molar-refractivity contribution in [1.82, 2.24) is 15.1 Å². The van der Waals surface area contributed by atoms with Crippen molar-refractivity contribution < 1.29 is 9.18 Å². The molecule has 0 aliphatic heterocycles. The van der Waals surface area contributed by atoms with Crippen LogP contribution in [-0.4, -0.2) is 15.7 Å². The van der Waals surface area contributed by atoms with E-state index in [4.69, 9.17) is 5.73 Å². The zero-order chi connectivity index (χ0) is 14.7. The molecule has 0 saturated carbocycles.